The highest BCUT2D eigenvalue weighted by atomic mass is 16.1. The second-order valence-corrected chi connectivity index (χ2v) is 7.46. The maximum absolute atomic E-state index is 11.6. The van der Waals surface area contributed by atoms with Gasteiger partial charge < -0.3 is 5.73 Å². The molecule has 0 saturated heterocycles. The molecule has 0 atom stereocenters. The number of nitrogens with zero attached hydrogens (tertiary/aromatic N) is 1. The van der Waals surface area contributed by atoms with Crippen molar-refractivity contribution in [3.63, 3.8) is 0 Å². The molecular weight excluding hydrogens is 248 g/mol. The molecule has 106 valence electrons. The van der Waals surface area contributed by atoms with Crippen LogP contribution in [0.3, 0.4) is 0 Å². The van der Waals surface area contributed by atoms with Crippen LogP contribution in [0.25, 0.3) is 0 Å². The maximum atomic E-state index is 11.6. The second kappa shape index (κ2) is 4.31. The summed E-state index contributed by atoms with van der Waals surface area (Å²) < 4.78 is 0. The van der Waals surface area contributed by atoms with Gasteiger partial charge in [-0.3, -0.25) is 9.78 Å². The number of rotatable bonds is 3. The van der Waals surface area contributed by atoms with Crippen molar-refractivity contribution >= 4 is 5.91 Å². The lowest BCUT2D eigenvalue weighted by molar-refractivity contribution is -0.0527. The zero-order valence-corrected chi connectivity index (χ0v) is 11.8. The van der Waals surface area contributed by atoms with Crippen LogP contribution in [0, 0.1) is 23.2 Å². The second-order valence-electron chi connectivity index (χ2n) is 7.46. The minimum absolute atomic E-state index is 0.335. The molecule has 4 saturated carbocycles. The van der Waals surface area contributed by atoms with Crippen LogP contribution in [0.15, 0.2) is 18.3 Å². The number of carbonyl (C=O) groups excluding carboxylic acids is 1. The predicted octanol–water partition coefficient (Wildman–Crippen LogP) is 2.94. The number of nitrogens with two attached hydrogens (primary N) is 1. The van der Waals surface area contributed by atoms with E-state index in [9.17, 15) is 4.79 Å². The quantitative estimate of drug-likeness (QED) is 0.918. The first-order valence-electron chi connectivity index (χ1n) is 7.87. The lowest BCUT2D eigenvalue weighted by Crippen LogP contribution is -2.47. The Labute approximate surface area is 120 Å². The van der Waals surface area contributed by atoms with Crippen molar-refractivity contribution in [2.45, 2.75) is 44.9 Å². The Hall–Kier alpha value is -1.38. The Bertz CT molecular complexity index is 516. The highest BCUT2D eigenvalue weighted by Crippen LogP contribution is 2.61. The van der Waals surface area contributed by atoms with Crippen LogP contribution in [-0.2, 0) is 6.42 Å². The van der Waals surface area contributed by atoms with E-state index in [4.69, 9.17) is 5.73 Å². The molecule has 3 heteroatoms. The molecule has 4 aliphatic rings. The summed E-state index contributed by atoms with van der Waals surface area (Å²) in [5, 5.41) is 0. The monoisotopic (exact) mass is 270 g/mol. The largest absolute Gasteiger partial charge is 0.366 e. The fraction of sp³-hybridized carbons (Fsp3) is 0.647. The van der Waals surface area contributed by atoms with Crippen molar-refractivity contribution in [1.29, 1.82) is 0 Å². The van der Waals surface area contributed by atoms with Gasteiger partial charge in [0.2, 0.25) is 0 Å². The molecule has 2 N–H and O–H groups in total. The van der Waals surface area contributed by atoms with Crippen molar-refractivity contribution in [3.8, 4) is 0 Å². The molecule has 0 spiro atoms. The number of pyridine rings is 1. The summed E-state index contributed by atoms with van der Waals surface area (Å²) in [4.78, 5) is 16.1. The fourth-order valence-electron chi connectivity index (χ4n) is 5.66. The lowest BCUT2D eigenvalue weighted by Gasteiger charge is -2.57. The van der Waals surface area contributed by atoms with Crippen molar-refractivity contribution in [1.82, 2.24) is 4.98 Å². The van der Waals surface area contributed by atoms with E-state index < -0.39 is 0 Å². The van der Waals surface area contributed by atoms with E-state index in [0.717, 1.165) is 29.9 Å². The van der Waals surface area contributed by atoms with E-state index in [2.05, 4.69) is 4.98 Å². The van der Waals surface area contributed by atoms with Crippen molar-refractivity contribution in [2.75, 3.05) is 0 Å². The van der Waals surface area contributed by atoms with Crippen LogP contribution < -0.4 is 5.73 Å². The van der Waals surface area contributed by atoms with Gasteiger partial charge in [0, 0.05) is 6.20 Å². The van der Waals surface area contributed by atoms with Crippen LogP contribution in [-0.4, -0.2) is 10.9 Å². The van der Waals surface area contributed by atoms with Crippen molar-refractivity contribution < 1.29 is 4.79 Å². The third-order valence-corrected chi connectivity index (χ3v) is 5.86. The highest BCUT2D eigenvalue weighted by Gasteiger charge is 2.50. The molecule has 1 heterocycles. The normalized spacial score (nSPS) is 38.1. The zero-order chi connectivity index (χ0) is 13.7. The van der Waals surface area contributed by atoms with Gasteiger partial charge >= 0.3 is 0 Å². The van der Waals surface area contributed by atoms with E-state index >= 15 is 0 Å². The summed E-state index contributed by atoms with van der Waals surface area (Å²) in [6, 6.07) is 3.63. The first-order valence-corrected chi connectivity index (χ1v) is 7.87. The van der Waals surface area contributed by atoms with Gasteiger partial charge in [0.25, 0.3) is 5.91 Å². The van der Waals surface area contributed by atoms with Crippen LogP contribution in [0.4, 0.5) is 0 Å². The van der Waals surface area contributed by atoms with Crippen molar-refractivity contribution in [2.24, 2.45) is 28.9 Å². The topological polar surface area (TPSA) is 56.0 Å². The number of amides is 1. The van der Waals surface area contributed by atoms with E-state index in [-0.39, 0.29) is 5.91 Å². The summed E-state index contributed by atoms with van der Waals surface area (Å²) in [6.45, 7) is 0. The Morgan fingerprint density at radius 1 is 1.20 bits per heavy atom. The molecule has 0 unspecified atom stereocenters. The van der Waals surface area contributed by atoms with Gasteiger partial charge in [-0.2, -0.15) is 0 Å². The van der Waals surface area contributed by atoms with Crippen LogP contribution in [0.5, 0.6) is 0 Å². The molecule has 5 rings (SSSR count). The molecule has 4 bridgehead atoms. The third-order valence-electron chi connectivity index (χ3n) is 5.86. The number of carbonyl (C=O) groups is 1. The number of aromatic nitrogens is 1. The summed E-state index contributed by atoms with van der Waals surface area (Å²) in [6.07, 6.45) is 11.1. The van der Waals surface area contributed by atoms with Gasteiger partial charge in [-0.25, -0.2) is 0 Å². The molecule has 4 aliphatic carbocycles. The Kier molecular flexibility index (Phi) is 2.66. The average molecular weight is 270 g/mol. The third kappa shape index (κ3) is 1.95. The predicted molar refractivity (Wildman–Crippen MR) is 77.1 cm³/mol. The van der Waals surface area contributed by atoms with E-state index in [1.54, 1.807) is 6.20 Å². The van der Waals surface area contributed by atoms with Gasteiger partial charge in [-0.15, -0.1) is 0 Å². The first-order chi connectivity index (χ1) is 9.63. The SMILES string of the molecule is NC(=O)c1cccnc1CC12CC3CC(CC(C3)C1)C2. The van der Waals surface area contributed by atoms with E-state index in [1.165, 1.54) is 38.5 Å². The molecule has 1 amide bonds. The Balaban J connectivity index is 1.64. The van der Waals surface area contributed by atoms with Crippen LogP contribution >= 0.6 is 0 Å². The fourth-order valence-corrected chi connectivity index (χ4v) is 5.66. The number of hydrogen-bond acceptors (Lipinski definition) is 2. The first kappa shape index (κ1) is 12.4. The average Bonchev–Trinajstić information content (AvgIpc) is 2.36. The molecular formula is C17H22N2O. The molecule has 20 heavy (non-hydrogen) atoms. The molecule has 0 aliphatic heterocycles. The molecule has 1 aromatic heterocycles. The number of hydrogen-bond donors (Lipinski definition) is 1. The summed E-state index contributed by atoms with van der Waals surface area (Å²) >= 11 is 0. The molecule has 3 nitrogen and oxygen atoms in total. The van der Waals surface area contributed by atoms with Gasteiger partial charge in [0.15, 0.2) is 0 Å². The minimum Gasteiger partial charge on any atom is -0.366 e. The lowest BCUT2D eigenvalue weighted by atomic mass is 9.48. The number of primary amides is 1. The summed E-state index contributed by atoms with van der Waals surface area (Å²) in [5.41, 5.74) is 7.47. The van der Waals surface area contributed by atoms with Crippen molar-refractivity contribution in [3.05, 3.63) is 29.6 Å². The van der Waals surface area contributed by atoms with Crippen LogP contribution in [0.1, 0.15) is 54.6 Å². The van der Waals surface area contributed by atoms with Gasteiger partial charge in [-0.1, -0.05) is 0 Å². The Morgan fingerprint density at radius 3 is 2.35 bits per heavy atom. The standard InChI is InChI=1S/C17H22N2O/c18-16(20)14-2-1-3-19-15(14)10-17-7-11-4-12(8-17)6-13(5-11)9-17/h1-3,11-13H,4-10H2,(H2,18,20). The van der Waals surface area contributed by atoms with Gasteiger partial charge in [-0.05, 0) is 80.2 Å². The van der Waals surface area contributed by atoms with E-state index in [0.29, 0.717) is 11.0 Å². The molecule has 0 radical (unpaired) electrons. The van der Waals surface area contributed by atoms with Crippen LogP contribution in [0.2, 0.25) is 0 Å². The summed E-state index contributed by atoms with van der Waals surface area (Å²) in [5.74, 6) is 2.46. The minimum atomic E-state index is -0.335. The zero-order valence-electron chi connectivity index (χ0n) is 11.8. The molecule has 4 fully saturated rings. The molecule has 1 aromatic rings. The highest BCUT2D eigenvalue weighted by molar-refractivity contribution is 5.93. The maximum Gasteiger partial charge on any atom is 0.250 e. The van der Waals surface area contributed by atoms with Gasteiger partial charge in [0.05, 0.1) is 11.3 Å². The summed E-state index contributed by atoms with van der Waals surface area (Å²) in [7, 11) is 0. The Morgan fingerprint density at radius 2 is 1.80 bits per heavy atom. The van der Waals surface area contributed by atoms with Gasteiger partial charge in [0.1, 0.15) is 0 Å². The van der Waals surface area contributed by atoms with E-state index in [1.807, 2.05) is 12.1 Å². The smallest absolute Gasteiger partial charge is 0.250 e. The molecule has 0 aromatic carbocycles.